The van der Waals surface area contributed by atoms with Crippen LogP contribution in [0.15, 0.2) is 16.2 Å². The summed E-state index contributed by atoms with van der Waals surface area (Å²) in [6, 6.07) is 2.21. The summed E-state index contributed by atoms with van der Waals surface area (Å²) < 4.78 is 1.73. The van der Waals surface area contributed by atoms with E-state index in [0.717, 1.165) is 48.7 Å². The molecule has 0 bridgehead atoms. The van der Waals surface area contributed by atoms with E-state index in [1.165, 1.54) is 42.8 Å². The van der Waals surface area contributed by atoms with E-state index in [4.69, 9.17) is 10.1 Å². The van der Waals surface area contributed by atoms with Gasteiger partial charge in [0.1, 0.15) is 0 Å². The van der Waals surface area contributed by atoms with E-state index in [1.807, 2.05) is 29.2 Å². The lowest BCUT2D eigenvalue weighted by Gasteiger charge is -2.24. The number of thioether (sulfide) groups is 1. The molecule has 0 spiro atoms. The average molecular weight is 417 g/mol. The van der Waals surface area contributed by atoms with E-state index in [9.17, 15) is 4.79 Å². The van der Waals surface area contributed by atoms with Gasteiger partial charge in [-0.25, -0.2) is 9.67 Å². The van der Waals surface area contributed by atoms with Crippen LogP contribution in [0, 0.1) is 0 Å². The summed E-state index contributed by atoms with van der Waals surface area (Å²) >= 11 is 3.74. The van der Waals surface area contributed by atoms with Gasteiger partial charge in [-0.1, -0.05) is 12.8 Å². The smallest absolute Gasteiger partial charge is 0.267 e. The first-order chi connectivity index (χ1) is 13.8. The van der Waals surface area contributed by atoms with Gasteiger partial charge in [-0.15, -0.1) is 11.3 Å². The molecule has 0 amide bonds. The summed E-state index contributed by atoms with van der Waals surface area (Å²) in [5, 5.41) is 8.32. The maximum absolute atomic E-state index is 12.6. The van der Waals surface area contributed by atoms with E-state index in [2.05, 4.69) is 10.3 Å². The molecular formula is C21H28N4OS2. The number of fused-ring (bicyclic) bond motifs is 1. The molecule has 150 valence electrons. The van der Waals surface area contributed by atoms with Gasteiger partial charge in [0, 0.05) is 42.1 Å². The van der Waals surface area contributed by atoms with Crippen LogP contribution in [0.5, 0.6) is 0 Å². The zero-order valence-corrected chi connectivity index (χ0v) is 17.9. The monoisotopic (exact) mass is 416 g/mol. The Morgan fingerprint density at radius 3 is 2.96 bits per heavy atom. The number of aryl methyl sites for hydroxylation is 1. The molecule has 2 aromatic rings. The lowest BCUT2D eigenvalue weighted by Crippen LogP contribution is -2.37. The minimum atomic E-state index is 0.0604. The standard InChI is InChI=1S/C21H28N4OS2/c26-20-10-16-13-27-9-7-19(16)23-25(20)12-18-6-3-8-24(18)11-17-14-28-21(22-17)15-4-1-2-5-15/h10,14-15,18H,1-9,11-13H2. The Kier molecular flexibility index (Phi) is 5.57. The molecule has 1 aliphatic carbocycles. The highest BCUT2D eigenvalue weighted by Crippen LogP contribution is 2.36. The lowest BCUT2D eigenvalue weighted by molar-refractivity contribution is 0.214. The lowest BCUT2D eigenvalue weighted by atomic mass is 10.1. The molecule has 1 saturated heterocycles. The van der Waals surface area contributed by atoms with Crippen molar-refractivity contribution in [3.63, 3.8) is 0 Å². The van der Waals surface area contributed by atoms with E-state index in [1.54, 1.807) is 4.68 Å². The van der Waals surface area contributed by atoms with Crippen LogP contribution in [0.3, 0.4) is 0 Å². The third-order valence-corrected chi connectivity index (χ3v) is 8.49. The second-order valence-corrected chi connectivity index (χ2v) is 10.4. The second kappa shape index (κ2) is 8.28. The van der Waals surface area contributed by atoms with Crippen molar-refractivity contribution < 1.29 is 0 Å². The zero-order chi connectivity index (χ0) is 18.9. The quantitative estimate of drug-likeness (QED) is 0.742. The van der Waals surface area contributed by atoms with E-state index >= 15 is 0 Å². The molecule has 1 saturated carbocycles. The molecule has 5 rings (SSSR count). The molecule has 3 aliphatic rings. The van der Waals surface area contributed by atoms with Crippen LogP contribution in [0.4, 0.5) is 0 Å². The summed E-state index contributed by atoms with van der Waals surface area (Å²) in [4.78, 5) is 20.0. The fraction of sp³-hybridized carbons (Fsp3) is 0.667. The van der Waals surface area contributed by atoms with Gasteiger partial charge in [0.15, 0.2) is 0 Å². The van der Waals surface area contributed by atoms with Crippen molar-refractivity contribution in [2.75, 3.05) is 12.3 Å². The molecule has 5 nitrogen and oxygen atoms in total. The van der Waals surface area contributed by atoms with E-state index in [0.29, 0.717) is 18.5 Å². The van der Waals surface area contributed by atoms with Crippen LogP contribution in [0.25, 0.3) is 0 Å². The molecule has 1 unspecified atom stereocenters. The summed E-state index contributed by atoms with van der Waals surface area (Å²) in [6.07, 6.45) is 8.65. The first kappa shape index (κ1) is 18.8. The van der Waals surface area contributed by atoms with Crippen molar-refractivity contribution >= 4 is 23.1 Å². The topological polar surface area (TPSA) is 51.0 Å². The Labute approximate surface area is 174 Å². The first-order valence-electron chi connectivity index (χ1n) is 10.6. The number of thiazole rings is 1. The summed E-state index contributed by atoms with van der Waals surface area (Å²) in [5.74, 6) is 2.74. The summed E-state index contributed by atoms with van der Waals surface area (Å²) in [7, 11) is 0. The van der Waals surface area contributed by atoms with Gasteiger partial charge < -0.3 is 0 Å². The number of hydrogen-bond donors (Lipinski definition) is 0. The molecule has 7 heteroatoms. The largest absolute Gasteiger partial charge is 0.293 e. The molecule has 0 N–H and O–H groups in total. The van der Waals surface area contributed by atoms with Crippen molar-refractivity contribution in [1.82, 2.24) is 19.7 Å². The minimum Gasteiger partial charge on any atom is -0.293 e. The number of likely N-dealkylation sites (tertiary alicyclic amines) is 1. The highest BCUT2D eigenvalue weighted by molar-refractivity contribution is 7.98. The third-order valence-electron chi connectivity index (χ3n) is 6.43. The van der Waals surface area contributed by atoms with E-state index in [-0.39, 0.29) is 5.56 Å². The fourth-order valence-electron chi connectivity index (χ4n) is 4.86. The SMILES string of the molecule is O=c1cc2c(nn1CC1CCCN1Cc1csc(C3CCCC3)n1)CCSC2. The van der Waals surface area contributed by atoms with Crippen molar-refractivity contribution in [2.45, 2.75) is 75.7 Å². The molecule has 0 radical (unpaired) electrons. The van der Waals surface area contributed by atoms with Crippen molar-refractivity contribution in [2.24, 2.45) is 0 Å². The molecule has 28 heavy (non-hydrogen) atoms. The van der Waals surface area contributed by atoms with E-state index < -0.39 is 0 Å². The maximum atomic E-state index is 12.6. The molecule has 1 atom stereocenters. The number of rotatable bonds is 5. The molecular weight excluding hydrogens is 388 g/mol. The Bertz CT molecular complexity index is 887. The Morgan fingerprint density at radius 1 is 1.18 bits per heavy atom. The second-order valence-electron chi connectivity index (χ2n) is 8.36. The Morgan fingerprint density at radius 2 is 2.07 bits per heavy atom. The van der Waals surface area contributed by atoms with Crippen molar-refractivity contribution in [1.29, 1.82) is 0 Å². The molecule has 2 aromatic heterocycles. The molecule has 2 aliphatic heterocycles. The molecule has 0 aromatic carbocycles. The number of nitrogens with zero attached hydrogens (tertiary/aromatic N) is 4. The number of hydrogen-bond acceptors (Lipinski definition) is 6. The van der Waals surface area contributed by atoms with Crippen LogP contribution in [-0.2, 0) is 25.3 Å². The van der Waals surface area contributed by atoms with Crippen molar-refractivity contribution in [3.05, 3.63) is 43.8 Å². The predicted octanol–water partition coefficient (Wildman–Crippen LogP) is 3.81. The van der Waals surface area contributed by atoms with Gasteiger partial charge in [0.25, 0.3) is 5.56 Å². The average Bonchev–Trinajstić information content (AvgIpc) is 3.45. The van der Waals surface area contributed by atoms with Crippen LogP contribution >= 0.6 is 23.1 Å². The third kappa shape index (κ3) is 3.94. The highest BCUT2D eigenvalue weighted by Gasteiger charge is 2.27. The Balaban J connectivity index is 1.28. The molecule has 2 fully saturated rings. The Hall–Kier alpha value is -1.18. The van der Waals surface area contributed by atoms with Crippen LogP contribution in [0.1, 0.15) is 66.4 Å². The number of aromatic nitrogens is 3. The van der Waals surface area contributed by atoms with Gasteiger partial charge in [0.05, 0.1) is 22.9 Å². The first-order valence-corrected chi connectivity index (χ1v) is 12.7. The molecule has 4 heterocycles. The van der Waals surface area contributed by atoms with Crippen LogP contribution in [-0.4, -0.2) is 38.0 Å². The fourth-order valence-corrected chi connectivity index (χ4v) is 6.79. The zero-order valence-electron chi connectivity index (χ0n) is 16.3. The minimum absolute atomic E-state index is 0.0604. The summed E-state index contributed by atoms with van der Waals surface area (Å²) in [6.45, 7) is 2.71. The highest BCUT2D eigenvalue weighted by atomic mass is 32.2. The van der Waals surface area contributed by atoms with Crippen LogP contribution < -0.4 is 5.56 Å². The maximum Gasteiger partial charge on any atom is 0.267 e. The predicted molar refractivity (Wildman–Crippen MR) is 115 cm³/mol. The van der Waals surface area contributed by atoms with Gasteiger partial charge in [0.2, 0.25) is 0 Å². The van der Waals surface area contributed by atoms with Crippen LogP contribution in [0.2, 0.25) is 0 Å². The van der Waals surface area contributed by atoms with Gasteiger partial charge in [-0.3, -0.25) is 9.69 Å². The normalized spacial score (nSPS) is 23.4. The van der Waals surface area contributed by atoms with Gasteiger partial charge in [-0.05, 0) is 43.5 Å². The summed E-state index contributed by atoms with van der Waals surface area (Å²) in [5.41, 5.74) is 3.54. The van der Waals surface area contributed by atoms with Gasteiger partial charge in [-0.2, -0.15) is 16.9 Å². The van der Waals surface area contributed by atoms with Crippen molar-refractivity contribution in [3.8, 4) is 0 Å². The van der Waals surface area contributed by atoms with Gasteiger partial charge >= 0.3 is 0 Å².